The van der Waals surface area contributed by atoms with Gasteiger partial charge in [-0.25, -0.2) is 4.98 Å². The third-order valence-corrected chi connectivity index (χ3v) is 2.99. The molecule has 0 unspecified atom stereocenters. The first-order valence-corrected chi connectivity index (χ1v) is 6.58. The molecular formula is C13H16BrN3O. The number of nitrogens with one attached hydrogen (secondary N) is 1. The summed E-state index contributed by atoms with van der Waals surface area (Å²) < 4.78 is 8.28. The summed E-state index contributed by atoms with van der Waals surface area (Å²) in [6, 6.07) is 5.94. The monoisotopic (exact) mass is 309 g/mol. The average molecular weight is 310 g/mol. The van der Waals surface area contributed by atoms with Crippen LogP contribution in [-0.2, 0) is 0 Å². The maximum Gasteiger partial charge on any atom is 0.207 e. The third kappa shape index (κ3) is 2.67. The second-order valence-corrected chi connectivity index (χ2v) is 4.87. The first-order chi connectivity index (χ1) is 8.63. The molecule has 0 bridgehead atoms. The first kappa shape index (κ1) is 13.0. The summed E-state index contributed by atoms with van der Waals surface area (Å²) in [6.45, 7) is 4.87. The molecule has 0 atom stereocenters. The largest absolute Gasteiger partial charge is 0.497 e. The fraction of sp³-hybridized carbons (Fsp3) is 0.308. The lowest BCUT2D eigenvalue weighted by Crippen LogP contribution is -2.05. The van der Waals surface area contributed by atoms with Crippen molar-refractivity contribution in [2.45, 2.75) is 13.8 Å². The fourth-order valence-electron chi connectivity index (χ4n) is 1.78. The van der Waals surface area contributed by atoms with Crippen LogP contribution in [0.2, 0.25) is 0 Å². The van der Waals surface area contributed by atoms with Gasteiger partial charge in [0.1, 0.15) is 5.75 Å². The van der Waals surface area contributed by atoms with Gasteiger partial charge in [0.2, 0.25) is 5.95 Å². The van der Waals surface area contributed by atoms with Gasteiger partial charge in [-0.3, -0.25) is 4.57 Å². The van der Waals surface area contributed by atoms with E-state index in [9.17, 15) is 0 Å². The van der Waals surface area contributed by atoms with Crippen LogP contribution in [-0.4, -0.2) is 23.2 Å². The Bertz CT molecular complexity index is 551. The van der Waals surface area contributed by atoms with E-state index in [1.807, 2.05) is 35.9 Å². The highest BCUT2D eigenvalue weighted by Crippen LogP contribution is 2.26. The Morgan fingerprint density at radius 3 is 2.83 bits per heavy atom. The van der Waals surface area contributed by atoms with Crippen molar-refractivity contribution in [3.63, 3.8) is 0 Å². The molecule has 1 aromatic heterocycles. The molecule has 0 aliphatic carbocycles. The van der Waals surface area contributed by atoms with E-state index in [1.54, 1.807) is 7.11 Å². The van der Waals surface area contributed by atoms with Crippen molar-refractivity contribution in [1.82, 2.24) is 9.55 Å². The Hall–Kier alpha value is -1.49. The molecule has 0 saturated heterocycles. The molecule has 0 fully saturated rings. The van der Waals surface area contributed by atoms with Crippen LogP contribution in [0.4, 0.5) is 5.95 Å². The smallest absolute Gasteiger partial charge is 0.207 e. The lowest BCUT2D eigenvalue weighted by Gasteiger charge is -2.10. The van der Waals surface area contributed by atoms with Gasteiger partial charge in [-0.05, 0) is 26.0 Å². The zero-order chi connectivity index (χ0) is 13.1. The number of aryl methyl sites for hydroxylation is 1. The number of hydrogen-bond donors (Lipinski definition) is 1. The third-order valence-electron chi connectivity index (χ3n) is 2.53. The number of ether oxygens (including phenoxy) is 1. The lowest BCUT2D eigenvalue weighted by atomic mass is 10.3. The highest BCUT2D eigenvalue weighted by atomic mass is 79.9. The molecule has 0 radical (unpaired) electrons. The van der Waals surface area contributed by atoms with Crippen molar-refractivity contribution >= 4 is 21.9 Å². The summed E-state index contributed by atoms with van der Waals surface area (Å²) in [4.78, 5) is 4.46. The van der Waals surface area contributed by atoms with E-state index < -0.39 is 0 Å². The summed E-state index contributed by atoms with van der Waals surface area (Å²) in [5.74, 6) is 1.66. The normalized spacial score (nSPS) is 10.4. The standard InChI is InChI=1S/C13H16BrN3O/c1-4-15-13-16-9(2)8-17(13)11-5-10(14)6-12(7-11)18-3/h5-8H,4H2,1-3H3,(H,15,16). The number of halogens is 1. The zero-order valence-corrected chi connectivity index (χ0v) is 12.3. The molecule has 18 heavy (non-hydrogen) atoms. The van der Waals surface area contributed by atoms with Gasteiger partial charge in [-0.1, -0.05) is 15.9 Å². The maximum absolute atomic E-state index is 5.28. The Balaban J connectivity index is 2.50. The molecule has 1 aromatic carbocycles. The van der Waals surface area contributed by atoms with E-state index in [1.165, 1.54) is 0 Å². The Morgan fingerprint density at radius 2 is 2.17 bits per heavy atom. The van der Waals surface area contributed by atoms with Crippen LogP contribution in [0.5, 0.6) is 5.75 Å². The molecule has 2 aromatic rings. The van der Waals surface area contributed by atoms with Crippen molar-refractivity contribution in [3.05, 3.63) is 34.6 Å². The van der Waals surface area contributed by atoms with Crippen molar-refractivity contribution in [3.8, 4) is 11.4 Å². The van der Waals surface area contributed by atoms with Gasteiger partial charge in [-0.2, -0.15) is 0 Å². The molecule has 0 aliphatic rings. The quantitative estimate of drug-likeness (QED) is 0.941. The predicted octanol–water partition coefficient (Wildman–Crippen LogP) is 3.38. The topological polar surface area (TPSA) is 39.1 Å². The Labute approximate surface area is 115 Å². The predicted molar refractivity (Wildman–Crippen MR) is 76.7 cm³/mol. The molecular weight excluding hydrogens is 294 g/mol. The highest BCUT2D eigenvalue weighted by molar-refractivity contribution is 9.10. The van der Waals surface area contributed by atoms with Crippen LogP contribution >= 0.6 is 15.9 Å². The van der Waals surface area contributed by atoms with Crippen LogP contribution in [0.15, 0.2) is 28.9 Å². The molecule has 96 valence electrons. The number of rotatable bonds is 4. The number of benzene rings is 1. The molecule has 2 rings (SSSR count). The van der Waals surface area contributed by atoms with Gasteiger partial charge in [0.05, 0.1) is 18.5 Å². The summed E-state index contributed by atoms with van der Waals surface area (Å²) in [6.07, 6.45) is 2.00. The minimum Gasteiger partial charge on any atom is -0.497 e. The van der Waals surface area contributed by atoms with Crippen LogP contribution in [0, 0.1) is 6.92 Å². The van der Waals surface area contributed by atoms with Crippen LogP contribution in [0.25, 0.3) is 5.69 Å². The van der Waals surface area contributed by atoms with Gasteiger partial charge in [-0.15, -0.1) is 0 Å². The second-order valence-electron chi connectivity index (χ2n) is 3.96. The SMILES string of the molecule is CCNc1nc(C)cn1-c1cc(Br)cc(OC)c1. The molecule has 4 nitrogen and oxygen atoms in total. The number of imidazole rings is 1. The number of nitrogens with zero attached hydrogens (tertiary/aromatic N) is 2. The van der Waals surface area contributed by atoms with E-state index in [0.717, 1.165) is 34.1 Å². The lowest BCUT2D eigenvalue weighted by molar-refractivity contribution is 0.414. The van der Waals surface area contributed by atoms with Crippen molar-refractivity contribution < 1.29 is 4.74 Å². The summed E-state index contributed by atoms with van der Waals surface area (Å²) in [7, 11) is 1.66. The number of aromatic nitrogens is 2. The minimum atomic E-state index is 0.813. The van der Waals surface area contributed by atoms with Gasteiger partial charge in [0.15, 0.2) is 0 Å². The molecule has 1 heterocycles. The summed E-state index contributed by atoms with van der Waals surface area (Å²) in [5.41, 5.74) is 1.99. The first-order valence-electron chi connectivity index (χ1n) is 5.79. The highest BCUT2D eigenvalue weighted by Gasteiger charge is 2.08. The summed E-state index contributed by atoms with van der Waals surface area (Å²) in [5, 5.41) is 3.25. The van der Waals surface area contributed by atoms with E-state index >= 15 is 0 Å². The number of anilines is 1. The van der Waals surface area contributed by atoms with Crippen molar-refractivity contribution in [1.29, 1.82) is 0 Å². The molecule has 0 aliphatic heterocycles. The van der Waals surface area contributed by atoms with E-state index in [4.69, 9.17) is 4.74 Å². The fourth-order valence-corrected chi connectivity index (χ4v) is 2.24. The van der Waals surface area contributed by atoms with Crippen molar-refractivity contribution in [2.75, 3.05) is 19.0 Å². The van der Waals surface area contributed by atoms with Crippen LogP contribution < -0.4 is 10.1 Å². The van der Waals surface area contributed by atoms with Crippen LogP contribution in [0.3, 0.4) is 0 Å². The average Bonchev–Trinajstić information content (AvgIpc) is 2.70. The van der Waals surface area contributed by atoms with Crippen LogP contribution in [0.1, 0.15) is 12.6 Å². The number of methoxy groups -OCH3 is 1. The van der Waals surface area contributed by atoms with Crippen molar-refractivity contribution in [2.24, 2.45) is 0 Å². The second kappa shape index (κ2) is 5.44. The van der Waals surface area contributed by atoms with E-state index in [2.05, 4.69) is 33.2 Å². The maximum atomic E-state index is 5.28. The Kier molecular flexibility index (Phi) is 3.91. The zero-order valence-electron chi connectivity index (χ0n) is 10.7. The molecule has 0 saturated carbocycles. The van der Waals surface area contributed by atoms with E-state index in [-0.39, 0.29) is 0 Å². The summed E-state index contributed by atoms with van der Waals surface area (Å²) >= 11 is 3.49. The van der Waals surface area contributed by atoms with E-state index in [0.29, 0.717) is 0 Å². The van der Waals surface area contributed by atoms with Gasteiger partial charge in [0, 0.05) is 23.3 Å². The molecule has 0 amide bonds. The minimum absolute atomic E-state index is 0.813. The molecule has 0 spiro atoms. The van der Waals surface area contributed by atoms with Gasteiger partial charge in [0.25, 0.3) is 0 Å². The van der Waals surface area contributed by atoms with Gasteiger partial charge < -0.3 is 10.1 Å². The molecule has 5 heteroatoms. The number of hydrogen-bond acceptors (Lipinski definition) is 3. The van der Waals surface area contributed by atoms with Gasteiger partial charge >= 0.3 is 0 Å². The Morgan fingerprint density at radius 1 is 1.39 bits per heavy atom. The molecule has 1 N–H and O–H groups in total.